The smallest absolute Gasteiger partial charge is 0.222 e. The first-order valence-electron chi connectivity index (χ1n) is 7.36. The summed E-state index contributed by atoms with van der Waals surface area (Å²) < 4.78 is 0. The van der Waals surface area contributed by atoms with Crippen LogP contribution in [0.15, 0.2) is 0 Å². The summed E-state index contributed by atoms with van der Waals surface area (Å²) in [6.45, 7) is 12.5. The number of halogens is 1. The van der Waals surface area contributed by atoms with Gasteiger partial charge in [0.15, 0.2) is 0 Å². The quantitative estimate of drug-likeness (QED) is 0.707. The van der Waals surface area contributed by atoms with E-state index in [9.17, 15) is 4.79 Å². The van der Waals surface area contributed by atoms with Crippen LogP contribution >= 0.6 is 12.4 Å². The lowest BCUT2D eigenvalue weighted by Gasteiger charge is -2.25. The van der Waals surface area contributed by atoms with E-state index >= 15 is 0 Å². The molecule has 0 saturated carbocycles. The largest absolute Gasteiger partial charge is 0.343 e. The van der Waals surface area contributed by atoms with Crippen molar-refractivity contribution in [2.45, 2.75) is 66.3 Å². The molecule has 1 amide bonds. The van der Waals surface area contributed by atoms with Gasteiger partial charge in [-0.15, -0.1) is 12.4 Å². The number of nitrogens with two attached hydrogens (primary N) is 1. The summed E-state index contributed by atoms with van der Waals surface area (Å²) in [5.41, 5.74) is 5.71. The molecule has 3 nitrogen and oxygen atoms in total. The molecule has 0 aliphatic rings. The molecule has 19 heavy (non-hydrogen) atoms. The molecule has 2 N–H and O–H groups in total. The fourth-order valence-electron chi connectivity index (χ4n) is 1.70. The lowest BCUT2D eigenvalue weighted by molar-refractivity contribution is -0.131. The van der Waals surface area contributed by atoms with Crippen molar-refractivity contribution < 1.29 is 4.79 Å². The third-order valence-electron chi connectivity index (χ3n) is 3.12. The Morgan fingerprint density at radius 1 is 0.947 bits per heavy atom. The molecule has 0 spiro atoms. The van der Waals surface area contributed by atoms with Crippen molar-refractivity contribution in [3.63, 3.8) is 0 Å². The lowest BCUT2D eigenvalue weighted by Crippen LogP contribution is -2.34. The molecule has 0 aliphatic carbocycles. The summed E-state index contributed by atoms with van der Waals surface area (Å²) in [5.74, 6) is 1.56. The molecule has 0 fully saturated rings. The number of amides is 1. The highest BCUT2D eigenvalue weighted by atomic mass is 35.5. The van der Waals surface area contributed by atoms with E-state index in [2.05, 4.69) is 27.7 Å². The maximum atomic E-state index is 12.1. The predicted octanol–water partition coefficient (Wildman–Crippen LogP) is 3.46. The van der Waals surface area contributed by atoms with E-state index in [1.54, 1.807) is 0 Å². The molecule has 1 unspecified atom stereocenters. The third kappa shape index (κ3) is 12.5. The highest BCUT2D eigenvalue weighted by Gasteiger charge is 2.14. The normalized spacial score (nSPS) is 12.4. The number of carbonyl (C=O) groups excluding carboxylic acids is 1. The second-order valence-electron chi connectivity index (χ2n) is 6.26. The minimum absolute atomic E-state index is 0. The van der Waals surface area contributed by atoms with Crippen LogP contribution in [0.3, 0.4) is 0 Å². The van der Waals surface area contributed by atoms with Crippen LogP contribution < -0.4 is 5.73 Å². The summed E-state index contributed by atoms with van der Waals surface area (Å²) in [4.78, 5) is 14.2. The molecule has 0 saturated heterocycles. The Kier molecular flexibility index (Phi) is 12.8. The molecule has 0 aromatic carbocycles. The molecule has 0 rings (SSSR count). The first-order chi connectivity index (χ1) is 8.32. The van der Waals surface area contributed by atoms with E-state index in [0.717, 1.165) is 32.4 Å². The predicted molar refractivity (Wildman–Crippen MR) is 85.6 cm³/mol. The van der Waals surface area contributed by atoms with Crippen LogP contribution in [0, 0.1) is 11.8 Å². The fourth-order valence-corrected chi connectivity index (χ4v) is 1.70. The van der Waals surface area contributed by atoms with E-state index in [-0.39, 0.29) is 24.4 Å². The zero-order valence-corrected chi connectivity index (χ0v) is 14.1. The molecule has 0 bridgehead atoms. The number of rotatable bonds is 9. The third-order valence-corrected chi connectivity index (χ3v) is 3.12. The Morgan fingerprint density at radius 3 is 1.68 bits per heavy atom. The van der Waals surface area contributed by atoms with Crippen LogP contribution in [0.4, 0.5) is 0 Å². The van der Waals surface area contributed by atoms with E-state index in [0.29, 0.717) is 18.3 Å². The number of hydrogen-bond donors (Lipinski definition) is 1. The average molecular weight is 293 g/mol. The van der Waals surface area contributed by atoms with E-state index in [1.165, 1.54) is 0 Å². The molecule has 0 aromatic rings. The van der Waals surface area contributed by atoms with Gasteiger partial charge in [-0.1, -0.05) is 27.7 Å². The number of hydrogen-bond acceptors (Lipinski definition) is 2. The second-order valence-corrected chi connectivity index (χ2v) is 6.26. The summed E-state index contributed by atoms with van der Waals surface area (Å²) in [6, 6.07) is 0.117. The van der Waals surface area contributed by atoms with Crippen molar-refractivity contribution in [1.82, 2.24) is 4.90 Å². The zero-order chi connectivity index (χ0) is 14.1. The van der Waals surface area contributed by atoms with Crippen LogP contribution in [0.2, 0.25) is 0 Å². The first kappa shape index (κ1) is 21.0. The Bertz CT molecular complexity index is 218. The van der Waals surface area contributed by atoms with E-state index in [1.807, 2.05) is 11.8 Å². The van der Waals surface area contributed by atoms with Crippen LogP contribution in [0.25, 0.3) is 0 Å². The van der Waals surface area contributed by atoms with Crippen LogP contribution in [0.5, 0.6) is 0 Å². The second kappa shape index (κ2) is 11.5. The highest BCUT2D eigenvalue weighted by molar-refractivity contribution is 5.85. The van der Waals surface area contributed by atoms with Gasteiger partial charge in [0.05, 0.1) is 0 Å². The minimum atomic E-state index is 0. The Balaban J connectivity index is 0. The van der Waals surface area contributed by atoms with Crippen LogP contribution in [-0.2, 0) is 4.79 Å². The summed E-state index contributed by atoms with van der Waals surface area (Å²) in [7, 11) is 0. The molecule has 0 aromatic heterocycles. The molecule has 0 radical (unpaired) electrons. The minimum Gasteiger partial charge on any atom is -0.343 e. The van der Waals surface area contributed by atoms with Crippen molar-refractivity contribution in [3.05, 3.63) is 0 Å². The van der Waals surface area contributed by atoms with Gasteiger partial charge in [0.2, 0.25) is 5.91 Å². The van der Waals surface area contributed by atoms with Crippen molar-refractivity contribution in [1.29, 1.82) is 0 Å². The van der Waals surface area contributed by atoms with Gasteiger partial charge in [0.1, 0.15) is 0 Å². The van der Waals surface area contributed by atoms with Gasteiger partial charge in [-0.3, -0.25) is 4.79 Å². The lowest BCUT2D eigenvalue weighted by atomic mass is 10.1. The molecule has 1 atom stereocenters. The average Bonchev–Trinajstić information content (AvgIpc) is 2.25. The van der Waals surface area contributed by atoms with E-state index < -0.39 is 0 Å². The zero-order valence-electron chi connectivity index (χ0n) is 13.3. The molecule has 116 valence electrons. The molecular weight excluding hydrogens is 260 g/mol. The van der Waals surface area contributed by atoms with Crippen molar-refractivity contribution in [2.75, 3.05) is 13.1 Å². The van der Waals surface area contributed by atoms with E-state index in [4.69, 9.17) is 5.73 Å². The number of carbonyl (C=O) groups is 1. The van der Waals surface area contributed by atoms with Gasteiger partial charge in [0.25, 0.3) is 0 Å². The van der Waals surface area contributed by atoms with Gasteiger partial charge in [-0.05, 0) is 38.0 Å². The van der Waals surface area contributed by atoms with Crippen molar-refractivity contribution >= 4 is 18.3 Å². The monoisotopic (exact) mass is 292 g/mol. The first-order valence-corrected chi connectivity index (χ1v) is 7.36. The van der Waals surface area contributed by atoms with Gasteiger partial charge in [0, 0.05) is 25.6 Å². The Morgan fingerprint density at radius 2 is 1.37 bits per heavy atom. The van der Waals surface area contributed by atoms with Crippen molar-refractivity contribution in [3.8, 4) is 0 Å². The summed E-state index contributed by atoms with van der Waals surface area (Å²) >= 11 is 0. The van der Waals surface area contributed by atoms with Crippen LogP contribution in [0.1, 0.15) is 60.3 Å². The highest BCUT2D eigenvalue weighted by Crippen LogP contribution is 2.09. The van der Waals surface area contributed by atoms with Gasteiger partial charge in [-0.2, -0.15) is 0 Å². The fraction of sp³-hybridized carbons (Fsp3) is 0.933. The van der Waals surface area contributed by atoms with Crippen LogP contribution in [-0.4, -0.2) is 29.9 Å². The SMILES string of the molecule is CC(C)CCN(CCC(C)C)C(=O)CCC(C)N.Cl. The standard InChI is InChI=1S/C15H32N2O.ClH/c1-12(2)8-10-17(11-9-13(3)4)15(18)7-6-14(5)16;/h12-14H,6-11,16H2,1-5H3;1H. The Labute approximate surface area is 125 Å². The molecular formula is C15H33ClN2O. The summed E-state index contributed by atoms with van der Waals surface area (Å²) in [5, 5.41) is 0. The number of nitrogens with zero attached hydrogens (tertiary/aromatic N) is 1. The molecule has 0 heterocycles. The molecule has 0 aliphatic heterocycles. The van der Waals surface area contributed by atoms with Gasteiger partial charge >= 0.3 is 0 Å². The van der Waals surface area contributed by atoms with Gasteiger partial charge in [-0.25, -0.2) is 0 Å². The maximum Gasteiger partial charge on any atom is 0.222 e. The topological polar surface area (TPSA) is 46.3 Å². The molecule has 4 heteroatoms. The van der Waals surface area contributed by atoms with Crippen molar-refractivity contribution in [2.24, 2.45) is 17.6 Å². The Hall–Kier alpha value is -0.280. The maximum absolute atomic E-state index is 12.1. The van der Waals surface area contributed by atoms with Gasteiger partial charge < -0.3 is 10.6 Å². The summed E-state index contributed by atoms with van der Waals surface area (Å²) in [6.07, 6.45) is 3.55.